The summed E-state index contributed by atoms with van der Waals surface area (Å²) in [6.07, 6.45) is 0.862. The average molecular weight is 334 g/mol. The second kappa shape index (κ2) is 7.17. The molecule has 0 radical (unpaired) electrons. The molecule has 0 aromatic heterocycles. The van der Waals surface area contributed by atoms with E-state index in [1.165, 1.54) is 6.26 Å². The van der Waals surface area contributed by atoms with Gasteiger partial charge in [0.1, 0.15) is 15.4 Å². The van der Waals surface area contributed by atoms with Crippen LogP contribution in [0.5, 0.6) is 0 Å². The summed E-state index contributed by atoms with van der Waals surface area (Å²) in [6.45, 7) is 6.83. The molecule has 1 fully saturated rings. The second-order valence-corrected chi connectivity index (χ2v) is 8.62. The molecule has 0 aliphatic carbocycles. The Kier molecular flexibility index (Phi) is 6.04. The SMILES string of the molecule is CN=C(NCCS(C)(=O)=O)NC1CN(C(=O)OC(C)(C)C)C1. The fourth-order valence-corrected chi connectivity index (χ4v) is 2.26. The van der Waals surface area contributed by atoms with Crippen molar-refractivity contribution in [2.75, 3.05) is 38.7 Å². The summed E-state index contributed by atoms with van der Waals surface area (Å²) in [5.41, 5.74) is -0.501. The van der Waals surface area contributed by atoms with Gasteiger partial charge < -0.3 is 20.3 Å². The Morgan fingerprint density at radius 3 is 2.41 bits per heavy atom. The van der Waals surface area contributed by atoms with E-state index in [2.05, 4.69) is 15.6 Å². The van der Waals surface area contributed by atoms with Crippen LogP contribution in [0.2, 0.25) is 0 Å². The van der Waals surface area contributed by atoms with Gasteiger partial charge >= 0.3 is 6.09 Å². The van der Waals surface area contributed by atoms with Crippen molar-refractivity contribution in [1.29, 1.82) is 0 Å². The van der Waals surface area contributed by atoms with Crippen molar-refractivity contribution in [2.45, 2.75) is 32.4 Å². The second-order valence-electron chi connectivity index (χ2n) is 6.36. The third-order valence-electron chi connectivity index (χ3n) is 2.86. The number of hydrogen-bond donors (Lipinski definition) is 2. The van der Waals surface area contributed by atoms with Crippen molar-refractivity contribution in [1.82, 2.24) is 15.5 Å². The highest BCUT2D eigenvalue weighted by atomic mass is 32.2. The molecule has 0 saturated carbocycles. The van der Waals surface area contributed by atoms with E-state index < -0.39 is 15.4 Å². The van der Waals surface area contributed by atoms with Gasteiger partial charge in [-0.25, -0.2) is 13.2 Å². The number of sulfone groups is 1. The van der Waals surface area contributed by atoms with E-state index >= 15 is 0 Å². The molecule has 22 heavy (non-hydrogen) atoms. The molecule has 9 heteroatoms. The Morgan fingerprint density at radius 1 is 1.36 bits per heavy atom. The zero-order valence-electron chi connectivity index (χ0n) is 13.8. The fraction of sp³-hybridized carbons (Fsp3) is 0.846. The summed E-state index contributed by atoms with van der Waals surface area (Å²) in [7, 11) is -1.39. The number of guanidine groups is 1. The predicted molar refractivity (Wildman–Crippen MR) is 85.8 cm³/mol. The van der Waals surface area contributed by atoms with E-state index in [0.717, 1.165) is 0 Å². The summed E-state index contributed by atoms with van der Waals surface area (Å²) in [5.74, 6) is 0.570. The number of ether oxygens (including phenoxy) is 1. The van der Waals surface area contributed by atoms with Gasteiger partial charge in [-0.1, -0.05) is 0 Å². The number of hydrogen-bond acceptors (Lipinski definition) is 5. The maximum Gasteiger partial charge on any atom is 0.410 e. The molecule has 0 unspecified atom stereocenters. The Morgan fingerprint density at radius 2 is 1.95 bits per heavy atom. The largest absolute Gasteiger partial charge is 0.444 e. The molecular formula is C13H26N4O4S. The molecule has 0 spiro atoms. The third-order valence-corrected chi connectivity index (χ3v) is 3.81. The van der Waals surface area contributed by atoms with Gasteiger partial charge in [0.05, 0.1) is 11.8 Å². The number of nitrogens with one attached hydrogen (secondary N) is 2. The quantitative estimate of drug-likeness (QED) is 0.546. The van der Waals surface area contributed by atoms with Crippen molar-refractivity contribution in [2.24, 2.45) is 4.99 Å². The Bertz CT molecular complexity index is 519. The third kappa shape index (κ3) is 6.97. The van der Waals surface area contributed by atoms with Crippen molar-refractivity contribution in [3.05, 3.63) is 0 Å². The lowest BCUT2D eigenvalue weighted by Gasteiger charge is -2.40. The molecule has 1 aliphatic heterocycles. The van der Waals surface area contributed by atoms with Crippen LogP contribution < -0.4 is 10.6 Å². The summed E-state index contributed by atoms with van der Waals surface area (Å²) in [6, 6.07) is 0.0805. The van der Waals surface area contributed by atoms with Gasteiger partial charge in [-0.15, -0.1) is 0 Å². The van der Waals surface area contributed by atoms with Gasteiger partial charge in [0.15, 0.2) is 5.96 Å². The molecule has 1 rings (SSSR count). The Hall–Kier alpha value is -1.51. The van der Waals surface area contributed by atoms with Crippen LogP contribution in [0.25, 0.3) is 0 Å². The van der Waals surface area contributed by atoms with Crippen molar-refractivity contribution in [3.63, 3.8) is 0 Å². The molecule has 0 aromatic carbocycles. The summed E-state index contributed by atoms with van der Waals surface area (Å²) < 4.78 is 27.4. The highest BCUT2D eigenvalue weighted by molar-refractivity contribution is 7.90. The lowest BCUT2D eigenvalue weighted by Crippen LogP contribution is -2.63. The van der Waals surface area contributed by atoms with Gasteiger partial charge in [0.2, 0.25) is 0 Å². The molecule has 1 saturated heterocycles. The summed E-state index contributed by atoms with van der Waals surface area (Å²) in [4.78, 5) is 17.4. The number of carbonyl (C=O) groups is 1. The molecule has 0 atom stereocenters. The van der Waals surface area contributed by atoms with Gasteiger partial charge in [0, 0.05) is 32.9 Å². The number of amides is 1. The molecule has 128 valence electrons. The lowest BCUT2D eigenvalue weighted by atomic mass is 10.1. The molecule has 1 heterocycles. The van der Waals surface area contributed by atoms with Crippen LogP contribution in [0, 0.1) is 0 Å². The first kappa shape index (κ1) is 18.5. The van der Waals surface area contributed by atoms with Crippen LogP contribution in [0.4, 0.5) is 4.79 Å². The zero-order chi connectivity index (χ0) is 17.0. The highest BCUT2D eigenvalue weighted by Gasteiger charge is 2.34. The maximum atomic E-state index is 11.8. The first-order chi connectivity index (χ1) is 10.00. The van der Waals surface area contributed by atoms with Crippen LogP contribution in [0.3, 0.4) is 0 Å². The van der Waals surface area contributed by atoms with Crippen LogP contribution in [0.1, 0.15) is 20.8 Å². The van der Waals surface area contributed by atoms with Crippen molar-refractivity contribution >= 4 is 21.9 Å². The molecule has 0 aromatic rings. The standard InChI is InChI=1S/C13H26N4O4S/c1-13(2,3)21-12(18)17-8-10(9-17)16-11(14-4)15-6-7-22(5,19)20/h10H,6-9H2,1-5H3,(H2,14,15,16). The van der Waals surface area contributed by atoms with Gasteiger partial charge in [-0.05, 0) is 20.8 Å². The average Bonchev–Trinajstić information content (AvgIpc) is 2.26. The van der Waals surface area contributed by atoms with Crippen LogP contribution in [-0.2, 0) is 14.6 Å². The molecule has 2 N–H and O–H groups in total. The maximum absolute atomic E-state index is 11.8. The van der Waals surface area contributed by atoms with E-state index in [1.54, 1.807) is 11.9 Å². The molecular weight excluding hydrogens is 308 g/mol. The Balaban J connectivity index is 2.30. The number of aliphatic imine (C=N–C) groups is 1. The fourth-order valence-electron chi connectivity index (χ4n) is 1.79. The molecule has 8 nitrogen and oxygen atoms in total. The van der Waals surface area contributed by atoms with Crippen LogP contribution in [0.15, 0.2) is 4.99 Å². The number of likely N-dealkylation sites (tertiary alicyclic amines) is 1. The lowest BCUT2D eigenvalue weighted by molar-refractivity contribution is 0.00701. The van der Waals surface area contributed by atoms with E-state index in [9.17, 15) is 13.2 Å². The van der Waals surface area contributed by atoms with Gasteiger partial charge in [-0.2, -0.15) is 0 Å². The van der Waals surface area contributed by atoms with Crippen molar-refractivity contribution in [3.8, 4) is 0 Å². The highest BCUT2D eigenvalue weighted by Crippen LogP contribution is 2.14. The first-order valence-corrected chi connectivity index (χ1v) is 9.19. The smallest absolute Gasteiger partial charge is 0.410 e. The van der Waals surface area contributed by atoms with Crippen LogP contribution in [-0.4, -0.2) is 75.7 Å². The minimum atomic E-state index is -3.00. The van der Waals surface area contributed by atoms with E-state index in [-0.39, 0.29) is 17.9 Å². The molecule has 0 bridgehead atoms. The van der Waals surface area contributed by atoms with E-state index in [0.29, 0.717) is 25.6 Å². The summed E-state index contributed by atoms with van der Waals surface area (Å²) >= 11 is 0. The monoisotopic (exact) mass is 334 g/mol. The minimum absolute atomic E-state index is 0.0440. The zero-order valence-corrected chi connectivity index (χ0v) is 14.7. The Labute approximate surface area is 132 Å². The molecule has 1 aliphatic rings. The predicted octanol–water partition coefficient (Wildman–Crippen LogP) is -0.185. The first-order valence-electron chi connectivity index (χ1n) is 7.13. The van der Waals surface area contributed by atoms with Gasteiger partial charge in [-0.3, -0.25) is 4.99 Å². The molecule has 1 amide bonds. The topological polar surface area (TPSA) is 100 Å². The summed E-state index contributed by atoms with van der Waals surface area (Å²) in [5, 5.41) is 6.06. The van der Waals surface area contributed by atoms with E-state index in [4.69, 9.17) is 4.74 Å². The number of carbonyl (C=O) groups excluding carboxylic acids is 1. The van der Waals surface area contributed by atoms with E-state index in [1.807, 2.05) is 20.8 Å². The normalized spacial score (nSPS) is 17.0. The van der Waals surface area contributed by atoms with Crippen LogP contribution >= 0.6 is 0 Å². The van der Waals surface area contributed by atoms with Gasteiger partial charge in [0.25, 0.3) is 0 Å². The van der Waals surface area contributed by atoms with Crippen molar-refractivity contribution < 1.29 is 17.9 Å². The minimum Gasteiger partial charge on any atom is -0.444 e. The number of nitrogens with zero attached hydrogens (tertiary/aromatic N) is 2. The number of rotatable bonds is 4.